The second-order valence-corrected chi connectivity index (χ2v) is 6.23. The van der Waals surface area contributed by atoms with Gasteiger partial charge in [-0.15, -0.1) is 11.3 Å². The Hall–Kier alpha value is -0.870. The van der Waals surface area contributed by atoms with E-state index in [2.05, 4.69) is 12.2 Å². The fourth-order valence-electron chi connectivity index (χ4n) is 2.66. The number of thiophene rings is 1. The standard InChI is InChI=1S/C14H22N2OS/c1-10(11-5-3-2-4-6-11)16-8-13-7-12(9-18-13)14(15)17/h7,9-11,16H,2-6,8H2,1H3,(H2,15,17). The van der Waals surface area contributed by atoms with Gasteiger partial charge in [0.05, 0.1) is 5.56 Å². The summed E-state index contributed by atoms with van der Waals surface area (Å²) >= 11 is 1.60. The molecule has 1 unspecified atom stereocenters. The summed E-state index contributed by atoms with van der Waals surface area (Å²) in [6.07, 6.45) is 6.86. The molecular weight excluding hydrogens is 244 g/mol. The van der Waals surface area contributed by atoms with Crippen LogP contribution in [0.25, 0.3) is 0 Å². The number of nitrogens with one attached hydrogen (secondary N) is 1. The van der Waals surface area contributed by atoms with E-state index in [1.54, 1.807) is 11.3 Å². The van der Waals surface area contributed by atoms with Gasteiger partial charge in [-0.05, 0) is 31.7 Å². The van der Waals surface area contributed by atoms with E-state index >= 15 is 0 Å². The molecular formula is C14H22N2OS. The Bertz CT molecular complexity index is 396. The average molecular weight is 266 g/mol. The van der Waals surface area contributed by atoms with Gasteiger partial charge in [-0.25, -0.2) is 0 Å². The largest absolute Gasteiger partial charge is 0.366 e. The van der Waals surface area contributed by atoms with Crippen molar-refractivity contribution in [3.05, 3.63) is 21.9 Å². The third-order valence-electron chi connectivity index (χ3n) is 3.89. The van der Waals surface area contributed by atoms with Crippen LogP contribution in [0.4, 0.5) is 0 Å². The molecule has 1 aliphatic rings. The van der Waals surface area contributed by atoms with Gasteiger partial charge < -0.3 is 11.1 Å². The monoisotopic (exact) mass is 266 g/mol. The fourth-order valence-corrected chi connectivity index (χ4v) is 3.49. The predicted octanol–water partition coefficient (Wildman–Crippen LogP) is 2.91. The zero-order valence-corrected chi connectivity index (χ0v) is 11.8. The molecule has 0 saturated heterocycles. The first-order valence-corrected chi connectivity index (χ1v) is 7.65. The lowest BCUT2D eigenvalue weighted by molar-refractivity contribution is 0.100. The van der Waals surface area contributed by atoms with Crippen LogP contribution < -0.4 is 11.1 Å². The van der Waals surface area contributed by atoms with E-state index in [0.29, 0.717) is 11.6 Å². The fraction of sp³-hybridized carbons (Fsp3) is 0.643. The van der Waals surface area contributed by atoms with Crippen LogP contribution in [-0.4, -0.2) is 11.9 Å². The van der Waals surface area contributed by atoms with E-state index in [4.69, 9.17) is 5.73 Å². The number of nitrogens with two attached hydrogens (primary N) is 1. The maximum atomic E-state index is 11.0. The first-order valence-electron chi connectivity index (χ1n) is 6.77. The van der Waals surface area contributed by atoms with Crippen LogP contribution in [0.2, 0.25) is 0 Å². The predicted molar refractivity (Wildman–Crippen MR) is 75.7 cm³/mol. The molecule has 0 spiro atoms. The zero-order valence-electron chi connectivity index (χ0n) is 10.9. The van der Waals surface area contributed by atoms with Crippen molar-refractivity contribution in [1.29, 1.82) is 0 Å². The van der Waals surface area contributed by atoms with E-state index in [-0.39, 0.29) is 5.91 Å². The zero-order chi connectivity index (χ0) is 13.0. The molecule has 1 aromatic heterocycles. The minimum absolute atomic E-state index is 0.335. The Labute approximate surface area is 113 Å². The first-order chi connectivity index (χ1) is 8.66. The van der Waals surface area contributed by atoms with Gasteiger partial charge in [0.25, 0.3) is 0 Å². The highest BCUT2D eigenvalue weighted by atomic mass is 32.1. The molecule has 0 bridgehead atoms. The Morgan fingerprint density at radius 2 is 2.22 bits per heavy atom. The molecule has 4 heteroatoms. The van der Waals surface area contributed by atoms with Gasteiger partial charge in [0.1, 0.15) is 0 Å². The van der Waals surface area contributed by atoms with E-state index in [0.717, 1.165) is 12.5 Å². The highest BCUT2D eigenvalue weighted by molar-refractivity contribution is 7.10. The molecule has 1 saturated carbocycles. The van der Waals surface area contributed by atoms with Gasteiger partial charge in [-0.2, -0.15) is 0 Å². The number of amides is 1. The summed E-state index contributed by atoms with van der Waals surface area (Å²) in [4.78, 5) is 12.2. The van der Waals surface area contributed by atoms with Crippen molar-refractivity contribution in [3.8, 4) is 0 Å². The van der Waals surface area contributed by atoms with Crippen molar-refractivity contribution >= 4 is 17.2 Å². The summed E-state index contributed by atoms with van der Waals surface area (Å²) in [5.41, 5.74) is 5.87. The maximum absolute atomic E-state index is 11.0. The molecule has 2 rings (SSSR count). The number of hydrogen-bond acceptors (Lipinski definition) is 3. The molecule has 3 N–H and O–H groups in total. The molecule has 1 aromatic rings. The summed E-state index contributed by atoms with van der Waals surface area (Å²) in [6.45, 7) is 3.12. The van der Waals surface area contributed by atoms with Crippen LogP contribution in [0.1, 0.15) is 54.3 Å². The molecule has 0 aromatic carbocycles. The summed E-state index contributed by atoms with van der Waals surface area (Å²) in [7, 11) is 0. The second kappa shape index (κ2) is 6.34. The molecule has 0 radical (unpaired) electrons. The third-order valence-corrected chi connectivity index (χ3v) is 4.83. The van der Waals surface area contributed by atoms with Crippen molar-refractivity contribution in [2.75, 3.05) is 0 Å². The van der Waals surface area contributed by atoms with Gasteiger partial charge in [-0.1, -0.05) is 19.3 Å². The molecule has 0 aliphatic heterocycles. The van der Waals surface area contributed by atoms with E-state index in [1.165, 1.54) is 37.0 Å². The van der Waals surface area contributed by atoms with Crippen molar-refractivity contribution in [3.63, 3.8) is 0 Å². The lowest BCUT2D eigenvalue weighted by atomic mass is 9.84. The molecule has 1 amide bonds. The Morgan fingerprint density at radius 3 is 2.83 bits per heavy atom. The maximum Gasteiger partial charge on any atom is 0.249 e. The van der Waals surface area contributed by atoms with E-state index in [9.17, 15) is 4.79 Å². The van der Waals surface area contributed by atoms with Crippen LogP contribution in [0.15, 0.2) is 11.4 Å². The minimum Gasteiger partial charge on any atom is -0.366 e. The van der Waals surface area contributed by atoms with Crippen LogP contribution >= 0.6 is 11.3 Å². The molecule has 1 aliphatic carbocycles. The summed E-state index contributed by atoms with van der Waals surface area (Å²) in [5.74, 6) is 0.479. The van der Waals surface area contributed by atoms with Gasteiger partial charge in [0.15, 0.2) is 0 Å². The summed E-state index contributed by atoms with van der Waals surface area (Å²) in [5, 5.41) is 5.42. The normalized spacial score (nSPS) is 18.7. The second-order valence-electron chi connectivity index (χ2n) is 5.23. The van der Waals surface area contributed by atoms with Crippen molar-refractivity contribution < 1.29 is 4.79 Å². The first kappa shape index (κ1) is 13.6. The van der Waals surface area contributed by atoms with Gasteiger partial charge in [0, 0.05) is 22.8 Å². The van der Waals surface area contributed by atoms with Gasteiger partial charge >= 0.3 is 0 Å². The van der Waals surface area contributed by atoms with Crippen molar-refractivity contribution in [2.24, 2.45) is 11.7 Å². The van der Waals surface area contributed by atoms with Crippen LogP contribution in [-0.2, 0) is 6.54 Å². The number of primary amides is 1. The highest BCUT2D eigenvalue weighted by Gasteiger charge is 2.19. The highest BCUT2D eigenvalue weighted by Crippen LogP contribution is 2.26. The van der Waals surface area contributed by atoms with Gasteiger partial charge in [0.2, 0.25) is 5.91 Å². The molecule has 3 nitrogen and oxygen atoms in total. The van der Waals surface area contributed by atoms with Crippen molar-refractivity contribution in [1.82, 2.24) is 5.32 Å². The SMILES string of the molecule is CC(NCc1cc(C(N)=O)cs1)C1CCCCC1. The lowest BCUT2D eigenvalue weighted by Crippen LogP contribution is -2.34. The van der Waals surface area contributed by atoms with Crippen LogP contribution in [0, 0.1) is 5.92 Å². The lowest BCUT2D eigenvalue weighted by Gasteiger charge is -2.28. The average Bonchev–Trinajstić information content (AvgIpc) is 2.86. The minimum atomic E-state index is -0.335. The number of rotatable bonds is 5. The molecule has 1 heterocycles. The third kappa shape index (κ3) is 3.56. The quantitative estimate of drug-likeness (QED) is 0.861. The van der Waals surface area contributed by atoms with Gasteiger partial charge in [-0.3, -0.25) is 4.79 Å². The number of carbonyl (C=O) groups excluding carboxylic acids is 1. The Balaban J connectivity index is 1.80. The molecule has 100 valence electrons. The molecule has 1 atom stereocenters. The van der Waals surface area contributed by atoms with Crippen LogP contribution in [0.5, 0.6) is 0 Å². The molecule has 18 heavy (non-hydrogen) atoms. The number of hydrogen-bond donors (Lipinski definition) is 2. The number of carbonyl (C=O) groups is 1. The molecule has 1 fully saturated rings. The van der Waals surface area contributed by atoms with Crippen LogP contribution in [0.3, 0.4) is 0 Å². The summed E-state index contributed by atoms with van der Waals surface area (Å²) in [6, 6.07) is 2.46. The summed E-state index contributed by atoms with van der Waals surface area (Å²) < 4.78 is 0. The van der Waals surface area contributed by atoms with E-state index < -0.39 is 0 Å². The Kier molecular flexibility index (Phi) is 4.78. The smallest absolute Gasteiger partial charge is 0.249 e. The Morgan fingerprint density at radius 1 is 1.50 bits per heavy atom. The topological polar surface area (TPSA) is 55.1 Å². The van der Waals surface area contributed by atoms with Crippen molar-refractivity contribution in [2.45, 2.75) is 51.6 Å². The van der Waals surface area contributed by atoms with E-state index in [1.807, 2.05) is 11.4 Å².